The first kappa shape index (κ1) is 10.7. The molecule has 3 nitrogen and oxygen atoms in total. The van der Waals surface area contributed by atoms with Gasteiger partial charge in [0.25, 0.3) is 0 Å². The van der Waals surface area contributed by atoms with Crippen molar-refractivity contribution in [1.82, 2.24) is 5.32 Å². The van der Waals surface area contributed by atoms with Crippen LogP contribution in [0.1, 0.15) is 24.4 Å². The van der Waals surface area contributed by atoms with E-state index in [4.69, 9.17) is 5.73 Å². The minimum atomic E-state index is -0.348. The molecule has 1 fully saturated rings. The Balaban J connectivity index is 2.01. The van der Waals surface area contributed by atoms with Gasteiger partial charge in [-0.3, -0.25) is 10.1 Å². The van der Waals surface area contributed by atoms with E-state index in [1.165, 1.54) is 4.70 Å². The maximum Gasteiger partial charge on any atom is 0.239 e. The summed E-state index contributed by atoms with van der Waals surface area (Å²) in [4.78, 5) is 11.6. The number of carbonyl (C=O) groups is 1. The molecule has 0 saturated heterocycles. The fraction of sp³-hybridized carbons (Fsp3) is 0.308. The molecule has 1 atom stereocenters. The number of amides is 1. The second-order valence-corrected chi connectivity index (χ2v) is 5.37. The lowest BCUT2D eigenvalue weighted by atomic mass is 10.1. The van der Waals surface area contributed by atoms with Crippen LogP contribution in [-0.2, 0) is 4.79 Å². The Kier molecular flexibility index (Phi) is 2.61. The zero-order chi connectivity index (χ0) is 11.8. The third kappa shape index (κ3) is 2.06. The van der Waals surface area contributed by atoms with Crippen molar-refractivity contribution in [3.63, 3.8) is 0 Å². The van der Waals surface area contributed by atoms with E-state index in [1.54, 1.807) is 11.3 Å². The number of nitrogens with one attached hydrogen (secondary N) is 1. The van der Waals surface area contributed by atoms with Crippen molar-refractivity contribution < 1.29 is 4.79 Å². The van der Waals surface area contributed by atoms with E-state index >= 15 is 0 Å². The molecule has 1 aliphatic carbocycles. The summed E-state index contributed by atoms with van der Waals surface area (Å²) in [6.45, 7) is 0. The molecule has 3 rings (SSSR count). The molecule has 3 N–H and O–H groups in total. The van der Waals surface area contributed by atoms with Gasteiger partial charge in [0.2, 0.25) is 5.91 Å². The highest BCUT2D eigenvalue weighted by atomic mass is 32.1. The Morgan fingerprint density at radius 3 is 2.88 bits per heavy atom. The number of primary amides is 1. The summed E-state index contributed by atoms with van der Waals surface area (Å²) in [5, 5.41) is 6.49. The lowest BCUT2D eigenvalue weighted by Crippen LogP contribution is -2.34. The molecule has 1 unspecified atom stereocenters. The maximum atomic E-state index is 11.6. The molecule has 0 aliphatic heterocycles. The first-order chi connectivity index (χ1) is 8.25. The molecule has 1 aromatic heterocycles. The van der Waals surface area contributed by atoms with E-state index in [0.717, 1.165) is 23.8 Å². The van der Waals surface area contributed by atoms with Crippen molar-refractivity contribution in [2.75, 3.05) is 0 Å². The molecule has 1 saturated carbocycles. The topological polar surface area (TPSA) is 55.1 Å². The van der Waals surface area contributed by atoms with Gasteiger partial charge in [-0.05, 0) is 35.2 Å². The summed E-state index contributed by atoms with van der Waals surface area (Å²) in [7, 11) is 0. The van der Waals surface area contributed by atoms with Crippen LogP contribution in [0.15, 0.2) is 29.6 Å². The molecule has 1 heterocycles. The number of hydrogen-bond acceptors (Lipinski definition) is 3. The van der Waals surface area contributed by atoms with Gasteiger partial charge in [0.1, 0.15) is 6.04 Å². The van der Waals surface area contributed by atoms with E-state index in [0.29, 0.717) is 6.04 Å². The smallest absolute Gasteiger partial charge is 0.239 e. The quantitative estimate of drug-likeness (QED) is 0.868. The van der Waals surface area contributed by atoms with Crippen molar-refractivity contribution in [1.29, 1.82) is 0 Å². The van der Waals surface area contributed by atoms with E-state index in [-0.39, 0.29) is 11.9 Å². The van der Waals surface area contributed by atoms with E-state index in [2.05, 4.69) is 11.4 Å². The molecular formula is C13H14N2OS. The number of rotatable bonds is 4. The summed E-state index contributed by atoms with van der Waals surface area (Å²) in [5.41, 5.74) is 6.52. The van der Waals surface area contributed by atoms with Gasteiger partial charge in [0.15, 0.2) is 0 Å². The summed E-state index contributed by atoms with van der Waals surface area (Å²) in [6.07, 6.45) is 2.29. The Hall–Kier alpha value is -1.39. The highest BCUT2D eigenvalue weighted by Gasteiger charge is 2.29. The van der Waals surface area contributed by atoms with Crippen molar-refractivity contribution in [3.8, 4) is 0 Å². The van der Waals surface area contributed by atoms with Gasteiger partial charge in [0, 0.05) is 10.7 Å². The summed E-state index contributed by atoms with van der Waals surface area (Å²) in [5.74, 6) is -0.291. The van der Waals surface area contributed by atoms with Crippen LogP contribution in [-0.4, -0.2) is 11.9 Å². The van der Waals surface area contributed by atoms with Gasteiger partial charge >= 0.3 is 0 Å². The van der Waals surface area contributed by atoms with Crippen molar-refractivity contribution in [2.45, 2.75) is 24.9 Å². The van der Waals surface area contributed by atoms with Crippen LogP contribution in [0.4, 0.5) is 0 Å². The van der Waals surface area contributed by atoms with Crippen LogP contribution < -0.4 is 11.1 Å². The van der Waals surface area contributed by atoms with E-state index < -0.39 is 0 Å². The lowest BCUT2D eigenvalue weighted by Gasteiger charge is -2.14. The second kappa shape index (κ2) is 4.13. The summed E-state index contributed by atoms with van der Waals surface area (Å²) < 4.78 is 1.20. The van der Waals surface area contributed by atoms with Crippen LogP contribution in [0.3, 0.4) is 0 Å². The predicted octanol–water partition coefficient (Wildman–Crippen LogP) is 2.18. The largest absolute Gasteiger partial charge is 0.368 e. The Morgan fingerprint density at radius 2 is 2.18 bits per heavy atom. The Bertz CT molecular complexity index is 559. The Labute approximate surface area is 104 Å². The third-order valence-electron chi connectivity index (χ3n) is 3.09. The number of thiophene rings is 1. The van der Waals surface area contributed by atoms with Gasteiger partial charge in [-0.1, -0.05) is 18.2 Å². The molecule has 88 valence electrons. The highest BCUT2D eigenvalue weighted by Crippen LogP contribution is 2.32. The first-order valence-electron chi connectivity index (χ1n) is 5.77. The minimum Gasteiger partial charge on any atom is -0.368 e. The van der Waals surface area contributed by atoms with E-state index in [1.807, 2.05) is 23.6 Å². The Morgan fingerprint density at radius 1 is 1.41 bits per heavy atom. The predicted molar refractivity (Wildman–Crippen MR) is 69.9 cm³/mol. The SMILES string of the molecule is NC(=O)C(NC1CC1)c1csc2ccccc12. The van der Waals surface area contributed by atoms with Crippen LogP contribution in [0.25, 0.3) is 10.1 Å². The van der Waals surface area contributed by atoms with Crippen LogP contribution in [0.5, 0.6) is 0 Å². The normalized spacial score (nSPS) is 17.2. The molecule has 1 aromatic carbocycles. The molecule has 0 bridgehead atoms. The summed E-state index contributed by atoms with van der Waals surface area (Å²) >= 11 is 1.66. The molecule has 0 spiro atoms. The van der Waals surface area contributed by atoms with Crippen molar-refractivity contribution in [3.05, 3.63) is 35.2 Å². The fourth-order valence-electron chi connectivity index (χ4n) is 2.03. The monoisotopic (exact) mass is 246 g/mol. The molecule has 1 aliphatic rings. The zero-order valence-electron chi connectivity index (χ0n) is 9.35. The van der Waals surface area contributed by atoms with Gasteiger partial charge in [-0.25, -0.2) is 0 Å². The lowest BCUT2D eigenvalue weighted by molar-refractivity contribution is -0.120. The molecule has 0 radical (unpaired) electrons. The molecule has 4 heteroatoms. The van der Waals surface area contributed by atoms with Crippen molar-refractivity contribution >= 4 is 27.3 Å². The maximum absolute atomic E-state index is 11.6. The van der Waals surface area contributed by atoms with Gasteiger partial charge in [-0.2, -0.15) is 0 Å². The number of hydrogen-bond donors (Lipinski definition) is 2. The van der Waals surface area contributed by atoms with Gasteiger partial charge in [-0.15, -0.1) is 11.3 Å². The first-order valence-corrected chi connectivity index (χ1v) is 6.65. The molecular weight excluding hydrogens is 232 g/mol. The van der Waals surface area contributed by atoms with Gasteiger partial charge in [0.05, 0.1) is 0 Å². The average Bonchev–Trinajstić information content (AvgIpc) is 3.05. The minimum absolute atomic E-state index is 0.291. The van der Waals surface area contributed by atoms with Crippen LogP contribution >= 0.6 is 11.3 Å². The van der Waals surface area contributed by atoms with Crippen LogP contribution in [0, 0.1) is 0 Å². The fourth-order valence-corrected chi connectivity index (χ4v) is 3.02. The number of fused-ring (bicyclic) bond motifs is 1. The zero-order valence-corrected chi connectivity index (χ0v) is 10.2. The molecule has 1 amide bonds. The average molecular weight is 246 g/mol. The van der Waals surface area contributed by atoms with Gasteiger partial charge < -0.3 is 5.73 Å². The summed E-state index contributed by atoms with van der Waals surface area (Å²) in [6, 6.07) is 8.23. The number of nitrogens with two attached hydrogens (primary N) is 1. The second-order valence-electron chi connectivity index (χ2n) is 4.46. The standard InChI is InChI=1S/C13H14N2OS/c14-13(16)12(15-8-5-6-8)10-7-17-11-4-2-1-3-9(10)11/h1-4,7-8,12,15H,5-6H2,(H2,14,16). The number of benzene rings is 1. The molecule has 17 heavy (non-hydrogen) atoms. The van der Waals surface area contributed by atoms with Crippen LogP contribution in [0.2, 0.25) is 0 Å². The third-order valence-corrected chi connectivity index (χ3v) is 4.07. The van der Waals surface area contributed by atoms with E-state index in [9.17, 15) is 4.79 Å². The highest BCUT2D eigenvalue weighted by molar-refractivity contribution is 7.17. The molecule has 2 aromatic rings. The number of carbonyl (C=O) groups excluding carboxylic acids is 1. The van der Waals surface area contributed by atoms with Crippen molar-refractivity contribution in [2.24, 2.45) is 5.73 Å².